The molecule has 0 saturated carbocycles. The zero-order valence-corrected chi connectivity index (χ0v) is 17.6. The van der Waals surface area contributed by atoms with Crippen molar-refractivity contribution in [1.82, 2.24) is 10.2 Å². The molecule has 2 amide bonds. The van der Waals surface area contributed by atoms with E-state index in [9.17, 15) is 9.59 Å². The summed E-state index contributed by atoms with van der Waals surface area (Å²) >= 11 is 5.51. The number of amides is 2. The molecular weight excluding hydrogens is 402 g/mol. The van der Waals surface area contributed by atoms with Crippen LogP contribution in [0.3, 0.4) is 0 Å². The molecule has 2 aliphatic rings. The minimum atomic E-state index is -0.470. The summed E-state index contributed by atoms with van der Waals surface area (Å²) < 4.78 is 10.9. The zero-order valence-electron chi connectivity index (χ0n) is 16.8. The third-order valence-corrected chi connectivity index (χ3v) is 5.69. The van der Waals surface area contributed by atoms with Crippen molar-refractivity contribution in [3.8, 4) is 5.75 Å². The lowest BCUT2D eigenvalue weighted by Crippen LogP contribution is -2.55. The van der Waals surface area contributed by atoms with Gasteiger partial charge in [-0.2, -0.15) is 0 Å². The molecule has 0 bridgehead atoms. The molecule has 2 heterocycles. The first-order valence-corrected chi connectivity index (χ1v) is 10.2. The fourth-order valence-corrected chi connectivity index (χ4v) is 4.17. The Morgan fingerprint density at radius 3 is 2.53 bits per heavy atom. The van der Waals surface area contributed by atoms with Crippen molar-refractivity contribution in [3.05, 3.63) is 59.2 Å². The fourth-order valence-electron chi connectivity index (χ4n) is 3.90. The van der Waals surface area contributed by atoms with Crippen molar-refractivity contribution < 1.29 is 19.1 Å². The lowest BCUT2D eigenvalue weighted by Gasteiger charge is -2.31. The number of nitrogens with one attached hydrogen (secondary N) is 2. The molecule has 30 heavy (non-hydrogen) atoms. The van der Waals surface area contributed by atoms with Crippen LogP contribution in [0, 0.1) is 0 Å². The molecule has 0 fully saturated rings. The Balaban J connectivity index is 1.49. The number of nitrogens with zero attached hydrogens (tertiary/aromatic N) is 1. The second kappa shape index (κ2) is 8.41. The number of thiocarbonyl (C=S) groups is 1. The van der Waals surface area contributed by atoms with Crippen molar-refractivity contribution in [2.24, 2.45) is 0 Å². The number of rotatable bonds is 6. The van der Waals surface area contributed by atoms with Gasteiger partial charge in [-0.3, -0.25) is 14.5 Å². The van der Waals surface area contributed by atoms with E-state index in [0.29, 0.717) is 22.8 Å². The quantitative estimate of drug-likeness (QED) is 0.544. The standard InChI is InChI=1S/C22H23N3O4S/c1-13(25-20(26)14-6-3-4-7-15(14)21(25)27)18(12-28-2)24-22(30)23-17-8-5-9-19-16(17)10-11-29-19/h3-9,13,18H,10-12H2,1-2H3,(H2,23,24,30)/t13-,18+/m0/s1. The highest BCUT2D eigenvalue weighted by molar-refractivity contribution is 7.80. The van der Waals surface area contributed by atoms with Gasteiger partial charge in [0.2, 0.25) is 0 Å². The average Bonchev–Trinajstić information content (AvgIpc) is 3.32. The lowest BCUT2D eigenvalue weighted by molar-refractivity contribution is 0.0525. The Hall–Kier alpha value is -2.97. The van der Waals surface area contributed by atoms with Crippen LogP contribution >= 0.6 is 12.2 Å². The summed E-state index contributed by atoms with van der Waals surface area (Å²) in [5, 5.41) is 6.81. The van der Waals surface area contributed by atoms with Crippen LogP contribution in [-0.2, 0) is 11.2 Å². The van der Waals surface area contributed by atoms with Gasteiger partial charge in [0.15, 0.2) is 5.11 Å². The highest BCUT2D eigenvalue weighted by Gasteiger charge is 2.40. The summed E-state index contributed by atoms with van der Waals surface area (Å²) in [6.45, 7) is 2.73. The largest absolute Gasteiger partial charge is 0.493 e. The molecular formula is C22H23N3O4S. The minimum Gasteiger partial charge on any atom is -0.493 e. The van der Waals surface area contributed by atoms with Gasteiger partial charge in [0, 0.05) is 24.8 Å². The van der Waals surface area contributed by atoms with Gasteiger partial charge in [-0.05, 0) is 43.4 Å². The van der Waals surface area contributed by atoms with Gasteiger partial charge >= 0.3 is 0 Å². The summed E-state index contributed by atoms with van der Waals surface area (Å²) in [5.74, 6) is 0.251. The number of hydrogen-bond donors (Lipinski definition) is 2. The molecule has 2 aromatic rings. The predicted molar refractivity (Wildman–Crippen MR) is 117 cm³/mol. The van der Waals surface area contributed by atoms with Gasteiger partial charge in [0.05, 0.1) is 36.4 Å². The maximum atomic E-state index is 12.8. The molecule has 156 valence electrons. The van der Waals surface area contributed by atoms with E-state index in [1.165, 1.54) is 4.90 Å². The Morgan fingerprint density at radius 1 is 1.17 bits per heavy atom. The molecule has 2 atom stereocenters. The van der Waals surface area contributed by atoms with Crippen molar-refractivity contribution in [1.29, 1.82) is 0 Å². The lowest BCUT2D eigenvalue weighted by atomic mass is 10.1. The fraction of sp³-hybridized carbons (Fsp3) is 0.318. The number of carbonyl (C=O) groups is 2. The van der Waals surface area contributed by atoms with Gasteiger partial charge in [0.1, 0.15) is 5.75 Å². The molecule has 0 spiro atoms. The van der Waals surface area contributed by atoms with Gasteiger partial charge in [-0.1, -0.05) is 18.2 Å². The number of anilines is 1. The van der Waals surface area contributed by atoms with Crippen LogP contribution in [0.1, 0.15) is 33.2 Å². The maximum Gasteiger partial charge on any atom is 0.261 e. The van der Waals surface area contributed by atoms with Gasteiger partial charge in [-0.25, -0.2) is 0 Å². The number of methoxy groups -OCH3 is 1. The Labute approximate surface area is 180 Å². The van der Waals surface area contributed by atoms with Crippen LogP contribution in [-0.4, -0.2) is 54.2 Å². The molecule has 2 aliphatic heterocycles. The smallest absolute Gasteiger partial charge is 0.261 e. The van der Waals surface area contributed by atoms with Gasteiger partial charge in [-0.15, -0.1) is 0 Å². The van der Waals surface area contributed by atoms with E-state index in [1.54, 1.807) is 31.4 Å². The second-order valence-electron chi connectivity index (χ2n) is 7.31. The summed E-state index contributed by atoms with van der Waals surface area (Å²) in [5.41, 5.74) is 2.81. The number of imide groups is 1. The number of hydrogen-bond acceptors (Lipinski definition) is 5. The van der Waals surface area contributed by atoms with Crippen LogP contribution in [0.5, 0.6) is 5.75 Å². The SMILES string of the molecule is COC[C@@H](NC(=S)Nc1cccc2c1CCO2)[C@H](C)N1C(=O)c2ccccc2C1=O. The van der Waals surface area contributed by atoms with Crippen molar-refractivity contribution in [2.45, 2.75) is 25.4 Å². The summed E-state index contributed by atoms with van der Waals surface area (Å²) in [7, 11) is 1.57. The molecule has 0 aromatic heterocycles. The normalized spacial score (nSPS) is 16.5. The number of carbonyl (C=O) groups excluding carboxylic acids is 2. The van der Waals surface area contributed by atoms with E-state index in [2.05, 4.69) is 10.6 Å². The van der Waals surface area contributed by atoms with Gasteiger partial charge in [0.25, 0.3) is 11.8 Å². The highest BCUT2D eigenvalue weighted by atomic mass is 32.1. The van der Waals surface area contributed by atoms with E-state index in [0.717, 1.165) is 23.4 Å². The van der Waals surface area contributed by atoms with E-state index in [1.807, 2.05) is 25.1 Å². The van der Waals surface area contributed by atoms with Crippen LogP contribution < -0.4 is 15.4 Å². The summed E-state index contributed by atoms with van der Waals surface area (Å²) in [6.07, 6.45) is 0.814. The van der Waals surface area contributed by atoms with Crippen LogP contribution in [0.2, 0.25) is 0 Å². The Kier molecular flexibility index (Phi) is 5.69. The number of ether oxygens (including phenoxy) is 2. The maximum absolute atomic E-state index is 12.8. The molecule has 2 aromatic carbocycles. The number of fused-ring (bicyclic) bond motifs is 2. The van der Waals surface area contributed by atoms with Crippen molar-refractivity contribution in [2.75, 3.05) is 25.6 Å². The average molecular weight is 426 g/mol. The first-order chi connectivity index (χ1) is 14.5. The molecule has 0 saturated heterocycles. The van der Waals surface area contributed by atoms with Gasteiger partial charge < -0.3 is 20.1 Å². The second-order valence-corrected chi connectivity index (χ2v) is 7.72. The Bertz CT molecular complexity index is 975. The predicted octanol–water partition coefficient (Wildman–Crippen LogP) is 2.61. The van der Waals surface area contributed by atoms with Crippen LogP contribution in [0.4, 0.5) is 5.69 Å². The third-order valence-electron chi connectivity index (χ3n) is 5.47. The van der Waals surface area contributed by atoms with Crippen molar-refractivity contribution in [3.63, 3.8) is 0 Å². The molecule has 8 heteroatoms. The van der Waals surface area contributed by atoms with Crippen molar-refractivity contribution >= 4 is 34.8 Å². The number of benzene rings is 2. The van der Waals surface area contributed by atoms with E-state index < -0.39 is 6.04 Å². The monoisotopic (exact) mass is 425 g/mol. The molecule has 0 aliphatic carbocycles. The molecule has 0 unspecified atom stereocenters. The molecule has 4 rings (SSSR count). The highest BCUT2D eigenvalue weighted by Crippen LogP contribution is 2.31. The summed E-state index contributed by atoms with van der Waals surface area (Å²) in [4.78, 5) is 26.9. The first-order valence-electron chi connectivity index (χ1n) is 9.79. The zero-order chi connectivity index (χ0) is 21.3. The van der Waals surface area contributed by atoms with E-state index in [4.69, 9.17) is 21.7 Å². The van der Waals surface area contributed by atoms with Crippen LogP contribution in [0.15, 0.2) is 42.5 Å². The van der Waals surface area contributed by atoms with E-state index >= 15 is 0 Å². The summed E-state index contributed by atoms with van der Waals surface area (Å²) in [6, 6.07) is 11.8. The third kappa shape index (κ3) is 3.64. The first kappa shape index (κ1) is 20.3. The topological polar surface area (TPSA) is 79.9 Å². The molecule has 0 radical (unpaired) electrons. The molecule has 7 nitrogen and oxygen atoms in total. The van der Waals surface area contributed by atoms with Crippen LogP contribution in [0.25, 0.3) is 0 Å². The minimum absolute atomic E-state index is 0.270. The van der Waals surface area contributed by atoms with E-state index in [-0.39, 0.29) is 24.5 Å². The molecule has 2 N–H and O–H groups in total. The Morgan fingerprint density at radius 2 is 1.87 bits per heavy atom.